The highest BCUT2D eigenvalue weighted by molar-refractivity contribution is 5.80. The summed E-state index contributed by atoms with van der Waals surface area (Å²) in [4.78, 5) is 4.17. The normalized spacial score (nSPS) is 12.4. The lowest BCUT2D eigenvalue weighted by Gasteiger charge is -2.14. The lowest BCUT2D eigenvalue weighted by molar-refractivity contribution is -0.143. The van der Waals surface area contributed by atoms with E-state index in [1.807, 2.05) is 6.07 Å². The fraction of sp³-hybridized carbons (Fsp3) is 0.143. The summed E-state index contributed by atoms with van der Waals surface area (Å²) in [6.07, 6.45) is -7.40. The molecule has 31 heavy (non-hydrogen) atoms. The van der Waals surface area contributed by atoms with Crippen LogP contribution in [0.1, 0.15) is 16.9 Å². The van der Waals surface area contributed by atoms with Crippen molar-refractivity contribution in [1.82, 2.24) is 14.7 Å². The number of rotatable bonds is 3. The van der Waals surface area contributed by atoms with Gasteiger partial charge in [-0.1, -0.05) is 35.5 Å². The highest BCUT2D eigenvalue weighted by Gasteiger charge is 2.37. The van der Waals surface area contributed by atoms with Crippen LogP contribution in [0.15, 0.2) is 65.6 Å². The topological polar surface area (TPSA) is 43.9 Å². The van der Waals surface area contributed by atoms with Crippen LogP contribution in [0.5, 0.6) is 0 Å². The first-order chi connectivity index (χ1) is 14.5. The van der Waals surface area contributed by atoms with Gasteiger partial charge >= 0.3 is 12.4 Å². The van der Waals surface area contributed by atoms with E-state index in [-0.39, 0.29) is 11.8 Å². The Labute approximate surface area is 171 Å². The van der Waals surface area contributed by atoms with Crippen LogP contribution in [0.4, 0.5) is 26.3 Å². The number of alkyl halides is 6. The first kappa shape index (κ1) is 20.7. The SMILES string of the molecule is Cc1onc(-c2ccccc2)c1-c1cn(-c2cc(C(F)(F)F)cc(C(F)(F)F)c2)cn1. The molecule has 0 unspecified atom stereocenters. The molecule has 160 valence electrons. The van der Waals surface area contributed by atoms with Gasteiger partial charge in [0.25, 0.3) is 0 Å². The lowest BCUT2D eigenvalue weighted by Crippen LogP contribution is -2.12. The number of halogens is 6. The van der Waals surface area contributed by atoms with Crippen LogP contribution in [-0.2, 0) is 12.4 Å². The molecule has 2 aromatic heterocycles. The summed E-state index contributed by atoms with van der Waals surface area (Å²) in [7, 11) is 0. The van der Waals surface area contributed by atoms with E-state index in [9.17, 15) is 26.3 Å². The van der Waals surface area contributed by atoms with E-state index >= 15 is 0 Å². The van der Waals surface area contributed by atoms with E-state index in [1.165, 1.54) is 6.20 Å². The third kappa shape index (κ3) is 4.05. The monoisotopic (exact) mass is 437 g/mol. The largest absolute Gasteiger partial charge is 0.416 e. The molecule has 4 aromatic rings. The molecular weight excluding hydrogens is 424 g/mol. The molecule has 0 aliphatic rings. The molecule has 4 rings (SSSR count). The Morgan fingerprint density at radius 1 is 0.871 bits per heavy atom. The van der Waals surface area contributed by atoms with E-state index in [1.54, 1.807) is 31.2 Å². The van der Waals surface area contributed by atoms with E-state index < -0.39 is 23.5 Å². The molecule has 2 heterocycles. The highest BCUT2D eigenvalue weighted by Crippen LogP contribution is 2.38. The van der Waals surface area contributed by atoms with Gasteiger partial charge in [-0.15, -0.1) is 0 Å². The van der Waals surface area contributed by atoms with Gasteiger partial charge < -0.3 is 9.09 Å². The fourth-order valence-electron chi connectivity index (χ4n) is 3.15. The third-order valence-corrected chi connectivity index (χ3v) is 4.62. The van der Waals surface area contributed by atoms with Crippen LogP contribution < -0.4 is 0 Å². The molecule has 4 nitrogen and oxygen atoms in total. The minimum atomic E-state index is -4.94. The molecule has 0 radical (unpaired) electrons. The molecular formula is C21H13F6N3O. The van der Waals surface area contributed by atoms with Crippen molar-refractivity contribution >= 4 is 0 Å². The number of benzene rings is 2. The van der Waals surface area contributed by atoms with Gasteiger partial charge in [-0.2, -0.15) is 26.3 Å². The van der Waals surface area contributed by atoms with Crippen molar-refractivity contribution in [2.75, 3.05) is 0 Å². The lowest BCUT2D eigenvalue weighted by atomic mass is 10.0. The van der Waals surface area contributed by atoms with E-state index in [0.29, 0.717) is 34.8 Å². The molecule has 0 atom stereocenters. The Bertz CT molecular complexity index is 1190. The number of nitrogens with zero attached hydrogens (tertiary/aromatic N) is 3. The van der Waals surface area contributed by atoms with Crippen LogP contribution in [0.25, 0.3) is 28.2 Å². The number of imidazole rings is 1. The number of hydrogen-bond donors (Lipinski definition) is 0. The second kappa shape index (κ2) is 7.29. The van der Waals surface area contributed by atoms with Crippen molar-refractivity contribution in [2.24, 2.45) is 0 Å². The van der Waals surface area contributed by atoms with Crippen LogP contribution in [-0.4, -0.2) is 14.7 Å². The zero-order valence-electron chi connectivity index (χ0n) is 15.8. The van der Waals surface area contributed by atoms with Crippen molar-refractivity contribution in [3.05, 3.63) is 77.9 Å². The van der Waals surface area contributed by atoms with E-state index in [0.717, 1.165) is 16.5 Å². The summed E-state index contributed by atoms with van der Waals surface area (Å²) < 4.78 is 85.3. The van der Waals surface area contributed by atoms with Gasteiger partial charge in [-0.3, -0.25) is 0 Å². The van der Waals surface area contributed by atoms with Gasteiger partial charge in [0, 0.05) is 17.4 Å². The van der Waals surface area contributed by atoms with Gasteiger partial charge in [0.1, 0.15) is 11.5 Å². The van der Waals surface area contributed by atoms with Crippen molar-refractivity contribution in [3.63, 3.8) is 0 Å². The quantitative estimate of drug-likeness (QED) is 0.342. The Hall–Kier alpha value is -3.56. The fourth-order valence-corrected chi connectivity index (χ4v) is 3.15. The van der Waals surface area contributed by atoms with Crippen molar-refractivity contribution in [3.8, 4) is 28.2 Å². The molecule has 0 saturated heterocycles. The molecule has 0 spiro atoms. The zero-order valence-corrected chi connectivity index (χ0v) is 15.8. The minimum absolute atomic E-state index is 0.0823. The first-order valence-electron chi connectivity index (χ1n) is 8.90. The standard InChI is InChI=1S/C21H13F6N3O/c1-12-18(19(29-31-12)13-5-3-2-4-6-13)17-10-30(11-28-17)16-8-14(20(22,23)24)7-15(9-16)21(25,26)27/h2-11H,1H3. The van der Waals surface area contributed by atoms with Gasteiger partial charge in [0.15, 0.2) is 0 Å². The average molecular weight is 437 g/mol. The Balaban J connectivity index is 1.82. The van der Waals surface area contributed by atoms with Crippen molar-refractivity contribution in [2.45, 2.75) is 19.3 Å². The van der Waals surface area contributed by atoms with Gasteiger partial charge in [-0.05, 0) is 25.1 Å². The maximum absolute atomic E-state index is 13.2. The highest BCUT2D eigenvalue weighted by atomic mass is 19.4. The second-order valence-electron chi connectivity index (χ2n) is 6.76. The second-order valence-corrected chi connectivity index (χ2v) is 6.76. The summed E-state index contributed by atoms with van der Waals surface area (Å²) in [6.45, 7) is 1.64. The number of aromatic nitrogens is 3. The molecule has 0 fully saturated rings. The van der Waals surface area contributed by atoms with Gasteiger partial charge in [0.05, 0.1) is 28.7 Å². The number of hydrogen-bond acceptors (Lipinski definition) is 3. The van der Waals surface area contributed by atoms with Gasteiger partial charge in [0.2, 0.25) is 0 Å². The zero-order chi connectivity index (χ0) is 22.4. The summed E-state index contributed by atoms with van der Waals surface area (Å²) in [5, 5.41) is 4.02. The Morgan fingerprint density at radius 2 is 1.48 bits per heavy atom. The molecule has 0 amide bonds. The Kier molecular flexibility index (Phi) is 4.87. The Morgan fingerprint density at radius 3 is 2.06 bits per heavy atom. The summed E-state index contributed by atoms with van der Waals surface area (Å²) in [5.41, 5.74) is -1.16. The van der Waals surface area contributed by atoms with Crippen LogP contribution in [0, 0.1) is 6.92 Å². The molecule has 0 bridgehead atoms. The van der Waals surface area contributed by atoms with Crippen molar-refractivity contribution < 1.29 is 30.9 Å². The number of aryl methyl sites for hydroxylation is 1. The van der Waals surface area contributed by atoms with Crippen LogP contribution in [0.3, 0.4) is 0 Å². The molecule has 2 aromatic carbocycles. The first-order valence-corrected chi connectivity index (χ1v) is 8.90. The summed E-state index contributed by atoms with van der Waals surface area (Å²) in [5.74, 6) is 0.407. The summed E-state index contributed by atoms with van der Waals surface area (Å²) in [6, 6.07) is 10.3. The smallest absolute Gasteiger partial charge is 0.360 e. The molecule has 10 heteroatoms. The maximum Gasteiger partial charge on any atom is 0.416 e. The third-order valence-electron chi connectivity index (χ3n) is 4.62. The van der Waals surface area contributed by atoms with E-state index in [4.69, 9.17) is 4.52 Å². The van der Waals surface area contributed by atoms with Crippen LogP contribution in [0.2, 0.25) is 0 Å². The average Bonchev–Trinajstić information content (AvgIpc) is 3.33. The minimum Gasteiger partial charge on any atom is -0.360 e. The van der Waals surface area contributed by atoms with Gasteiger partial charge in [-0.25, -0.2) is 4.98 Å². The predicted molar refractivity (Wildman–Crippen MR) is 99.2 cm³/mol. The maximum atomic E-state index is 13.2. The molecule has 0 N–H and O–H groups in total. The molecule has 0 aliphatic heterocycles. The van der Waals surface area contributed by atoms with Crippen molar-refractivity contribution in [1.29, 1.82) is 0 Å². The summed E-state index contributed by atoms with van der Waals surface area (Å²) >= 11 is 0. The predicted octanol–water partition coefficient (Wildman–Crippen LogP) is 6.54. The molecule has 0 saturated carbocycles. The van der Waals surface area contributed by atoms with E-state index in [2.05, 4.69) is 10.1 Å². The van der Waals surface area contributed by atoms with Crippen LogP contribution >= 0.6 is 0 Å². The molecule has 0 aliphatic carbocycles.